The van der Waals surface area contributed by atoms with Crippen LogP contribution in [0, 0.1) is 5.92 Å². The van der Waals surface area contributed by atoms with E-state index in [0.29, 0.717) is 24.5 Å². The summed E-state index contributed by atoms with van der Waals surface area (Å²) in [5.41, 5.74) is 5.35. The Hall–Kier alpha value is -1.82. The topological polar surface area (TPSA) is 106 Å². The molecule has 110 valence electrons. The van der Waals surface area contributed by atoms with Gasteiger partial charge in [-0.3, -0.25) is 4.79 Å². The molecular weight excluding hydrogens is 260 g/mol. The predicted molar refractivity (Wildman–Crippen MR) is 72.1 cm³/mol. The molecule has 1 aliphatic rings. The van der Waals surface area contributed by atoms with Crippen LogP contribution in [0.25, 0.3) is 0 Å². The third kappa shape index (κ3) is 3.19. The van der Waals surface area contributed by atoms with E-state index in [4.69, 9.17) is 15.3 Å². The SMILES string of the molecule is CC1CCCC(N)(C(=O)NCc2ccc(C(=O)O)o2)C1. The maximum Gasteiger partial charge on any atom is 0.371 e. The van der Waals surface area contributed by atoms with Crippen molar-refractivity contribution in [1.82, 2.24) is 5.32 Å². The maximum absolute atomic E-state index is 12.2. The number of nitrogens with one attached hydrogen (secondary N) is 1. The van der Waals surface area contributed by atoms with Gasteiger partial charge in [0.2, 0.25) is 11.7 Å². The van der Waals surface area contributed by atoms with Gasteiger partial charge in [0.05, 0.1) is 12.1 Å². The highest BCUT2D eigenvalue weighted by Gasteiger charge is 2.37. The molecule has 1 amide bonds. The van der Waals surface area contributed by atoms with Gasteiger partial charge in [-0.1, -0.05) is 19.8 Å². The Balaban J connectivity index is 1.92. The molecule has 0 spiro atoms. The van der Waals surface area contributed by atoms with Gasteiger partial charge < -0.3 is 20.6 Å². The molecule has 0 radical (unpaired) electrons. The number of amides is 1. The monoisotopic (exact) mass is 280 g/mol. The molecule has 1 aliphatic carbocycles. The molecule has 0 aromatic carbocycles. The molecule has 1 aromatic heterocycles. The molecular formula is C14H20N2O4. The molecule has 4 N–H and O–H groups in total. The van der Waals surface area contributed by atoms with Gasteiger partial charge in [-0.15, -0.1) is 0 Å². The summed E-state index contributed by atoms with van der Waals surface area (Å²) < 4.78 is 5.08. The lowest BCUT2D eigenvalue weighted by Gasteiger charge is -2.35. The summed E-state index contributed by atoms with van der Waals surface area (Å²) in [6.45, 7) is 2.25. The van der Waals surface area contributed by atoms with Crippen molar-refractivity contribution in [2.45, 2.75) is 44.7 Å². The summed E-state index contributed by atoms with van der Waals surface area (Å²) in [5.74, 6) is -0.607. The zero-order chi connectivity index (χ0) is 14.8. The lowest BCUT2D eigenvalue weighted by molar-refractivity contribution is -0.128. The summed E-state index contributed by atoms with van der Waals surface area (Å²) in [4.78, 5) is 22.9. The number of furan rings is 1. The van der Waals surface area contributed by atoms with Crippen LogP contribution in [0.5, 0.6) is 0 Å². The highest BCUT2D eigenvalue weighted by atomic mass is 16.4. The van der Waals surface area contributed by atoms with E-state index < -0.39 is 11.5 Å². The van der Waals surface area contributed by atoms with Crippen LogP contribution in [0.2, 0.25) is 0 Å². The largest absolute Gasteiger partial charge is 0.475 e. The second-order valence-corrected chi connectivity index (χ2v) is 5.61. The van der Waals surface area contributed by atoms with Crippen molar-refractivity contribution >= 4 is 11.9 Å². The van der Waals surface area contributed by atoms with Gasteiger partial charge in [-0.2, -0.15) is 0 Å². The van der Waals surface area contributed by atoms with E-state index in [9.17, 15) is 9.59 Å². The van der Waals surface area contributed by atoms with Gasteiger partial charge in [0.1, 0.15) is 5.76 Å². The van der Waals surface area contributed by atoms with Crippen LogP contribution in [0.1, 0.15) is 48.9 Å². The molecule has 0 bridgehead atoms. The minimum absolute atomic E-state index is 0.136. The number of carboxylic acid groups (broad SMARTS) is 1. The molecule has 2 atom stereocenters. The average Bonchev–Trinajstić information content (AvgIpc) is 2.84. The van der Waals surface area contributed by atoms with Crippen molar-refractivity contribution in [2.75, 3.05) is 0 Å². The molecule has 1 fully saturated rings. The molecule has 0 aliphatic heterocycles. The third-order valence-electron chi connectivity index (χ3n) is 3.78. The minimum atomic E-state index is -1.13. The Kier molecular flexibility index (Phi) is 4.13. The molecule has 1 aromatic rings. The van der Waals surface area contributed by atoms with E-state index in [1.165, 1.54) is 12.1 Å². The van der Waals surface area contributed by atoms with Crippen LogP contribution < -0.4 is 11.1 Å². The smallest absolute Gasteiger partial charge is 0.371 e. The lowest BCUT2D eigenvalue weighted by atomic mass is 9.76. The number of hydrogen-bond acceptors (Lipinski definition) is 4. The number of rotatable bonds is 4. The molecule has 20 heavy (non-hydrogen) atoms. The van der Waals surface area contributed by atoms with Gasteiger partial charge in [-0.05, 0) is 30.9 Å². The fourth-order valence-corrected chi connectivity index (χ4v) is 2.73. The Bertz CT molecular complexity index is 511. The Labute approximate surface area is 117 Å². The van der Waals surface area contributed by atoms with Gasteiger partial charge in [-0.25, -0.2) is 4.79 Å². The second-order valence-electron chi connectivity index (χ2n) is 5.61. The van der Waals surface area contributed by atoms with Gasteiger partial charge in [0.15, 0.2) is 0 Å². The molecule has 1 heterocycles. The summed E-state index contributed by atoms with van der Waals surface area (Å²) in [6, 6.07) is 2.90. The van der Waals surface area contributed by atoms with E-state index in [1.807, 2.05) is 0 Å². The zero-order valence-electron chi connectivity index (χ0n) is 11.5. The number of carbonyl (C=O) groups is 2. The fraction of sp³-hybridized carbons (Fsp3) is 0.571. The number of carbonyl (C=O) groups excluding carboxylic acids is 1. The van der Waals surface area contributed by atoms with Crippen LogP contribution in [0.4, 0.5) is 0 Å². The van der Waals surface area contributed by atoms with E-state index in [1.54, 1.807) is 0 Å². The Morgan fingerprint density at radius 1 is 1.55 bits per heavy atom. The highest BCUT2D eigenvalue weighted by molar-refractivity contribution is 5.86. The number of hydrogen-bond donors (Lipinski definition) is 3. The van der Waals surface area contributed by atoms with E-state index in [2.05, 4.69) is 12.2 Å². The lowest BCUT2D eigenvalue weighted by Crippen LogP contribution is -2.56. The summed E-state index contributed by atoms with van der Waals surface area (Å²) in [5, 5.41) is 11.5. The van der Waals surface area contributed by atoms with Crippen molar-refractivity contribution in [3.8, 4) is 0 Å². The van der Waals surface area contributed by atoms with Crippen LogP contribution in [-0.2, 0) is 11.3 Å². The molecule has 2 rings (SSSR count). The normalized spacial score (nSPS) is 26.2. The molecule has 0 saturated heterocycles. The average molecular weight is 280 g/mol. The predicted octanol–water partition coefficient (Wildman–Crippen LogP) is 1.50. The maximum atomic E-state index is 12.2. The van der Waals surface area contributed by atoms with Crippen LogP contribution in [0.3, 0.4) is 0 Å². The fourth-order valence-electron chi connectivity index (χ4n) is 2.73. The Morgan fingerprint density at radius 2 is 2.30 bits per heavy atom. The third-order valence-corrected chi connectivity index (χ3v) is 3.78. The van der Waals surface area contributed by atoms with Crippen LogP contribution in [0.15, 0.2) is 16.5 Å². The first-order chi connectivity index (χ1) is 9.40. The number of nitrogens with two attached hydrogens (primary N) is 1. The summed E-state index contributed by atoms with van der Waals surface area (Å²) >= 11 is 0. The van der Waals surface area contributed by atoms with Crippen molar-refractivity contribution in [3.63, 3.8) is 0 Å². The van der Waals surface area contributed by atoms with Gasteiger partial charge in [0, 0.05) is 0 Å². The zero-order valence-corrected chi connectivity index (χ0v) is 11.5. The molecule has 6 heteroatoms. The molecule has 6 nitrogen and oxygen atoms in total. The first kappa shape index (κ1) is 14.6. The van der Waals surface area contributed by atoms with Crippen LogP contribution in [-0.4, -0.2) is 22.5 Å². The van der Waals surface area contributed by atoms with Crippen molar-refractivity contribution < 1.29 is 19.1 Å². The quantitative estimate of drug-likeness (QED) is 0.775. The van der Waals surface area contributed by atoms with Crippen molar-refractivity contribution in [1.29, 1.82) is 0 Å². The van der Waals surface area contributed by atoms with Crippen LogP contribution >= 0.6 is 0 Å². The summed E-state index contributed by atoms with van der Waals surface area (Å²) in [6.07, 6.45) is 3.42. The first-order valence-corrected chi connectivity index (χ1v) is 6.80. The minimum Gasteiger partial charge on any atom is -0.475 e. The Morgan fingerprint density at radius 3 is 2.90 bits per heavy atom. The number of aromatic carboxylic acids is 1. The van der Waals surface area contributed by atoms with E-state index >= 15 is 0 Å². The molecule has 1 saturated carbocycles. The standard InChI is InChI=1S/C14H20N2O4/c1-9-3-2-6-14(15,7-9)13(19)16-8-10-4-5-11(20-10)12(17)18/h4-5,9H,2-3,6-8,15H2,1H3,(H,16,19)(H,17,18). The van der Waals surface area contributed by atoms with Crippen molar-refractivity contribution in [2.24, 2.45) is 11.7 Å². The van der Waals surface area contributed by atoms with Crippen molar-refractivity contribution in [3.05, 3.63) is 23.7 Å². The molecule has 2 unspecified atom stereocenters. The second kappa shape index (κ2) is 5.66. The van der Waals surface area contributed by atoms with Gasteiger partial charge >= 0.3 is 5.97 Å². The van der Waals surface area contributed by atoms with E-state index in [0.717, 1.165) is 12.8 Å². The highest BCUT2D eigenvalue weighted by Crippen LogP contribution is 2.30. The first-order valence-electron chi connectivity index (χ1n) is 6.80. The van der Waals surface area contributed by atoms with Gasteiger partial charge in [0.25, 0.3) is 0 Å². The summed E-state index contributed by atoms with van der Waals surface area (Å²) in [7, 11) is 0. The van der Waals surface area contributed by atoms with E-state index in [-0.39, 0.29) is 18.2 Å². The number of carboxylic acids is 1.